The van der Waals surface area contributed by atoms with Crippen molar-refractivity contribution in [1.29, 1.82) is 0 Å². The third-order valence-corrected chi connectivity index (χ3v) is 16.5. The molecule has 4 aliphatic heterocycles. The summed E-state index contributed by atoms with van der Waals surface area (Å²) in [7, 11) is 0. The van der Waals surface area contributed by atoms with Gasteiger partial charge in [-0.3, -0.25) is 29.0 Å². The van der Waals surface area contributed by atoms with Gasteiger partial charge >= 0.3 is 11.9 Å². The highest BCUT2D eigenvalue weighted by molar-refractivity contribution is 5.91. The van der Waals surface area contributed by atoms with E-state index in [4.69, 9.17) is 18.9 Å². The van der Waals surface area contributed by atoms with E-state index in [0.717, 1.165) is 48.4 Å². The number of ether oxygens (including phenoxy) is 4. The summed E-state index contributed by atoms with van der Waals surface area (Å²) in [5.74, 6) is 1.55. The molecule has 4 aliphatic carbocycles. The van der Waals surface area contributed by atoms with Crippen LogP contribution in [0, 0.1) is 25.7 Å². The molecule has 8 aliphatic rings. The van der Waals surface area contributed by atoms with Crippen LogP contribution in [0.1, 0.15) is 126 Å². The molecular weight excluding hydrogens is 765 g/mol. The molecular formula is C48H60N2O10. The van der Waals surface area contributed by atoms with Crippen molar-refractivity contribution in [3.05, 3.63) is 46.5 Å². The third-order valence-electron chi connectivity index (χ3n) is 16.5. The van der Waals surface area contributed by atoms with Gasteiger partial charge in [-0.2, -0.15) is 0 Å². The number of aryl methyl sites for hydroxylation is 2. The first kappa shape index (κ1) is 40.2. The Balaban J connectivity index is 0.799. The Hall–Kier alpha value is -3.84. The molecule has 2 aromatic rings. The number of piperidine rings is 2. The monoisotopic (exact) mass is 824 g/mol. The van der Waals surface area contributed by atoms with E-state index in [1.165, 1.54) is 25.7 Å². The standard InChI is InChI=1S/C48H60N2O10/c1-27-9-15-35(41-39(27)45-21-23-49(25-31-11-12-31)29(3)47(45,55)19-17-33(51)43(45)59-41)57-37(53)7-5-6-8-38(54)58-36-16-10-28(2)40-42(36)60-44-34(52)18-20-48(56)30(4)50(26-32-13-14-32)24-22-46(40,44)48/h9-10,15-16,29-32,43-44,55-56H,5-8,11-14,17-26H2,1-4H3/t29?,30?,43-,44?,45-,46-,47+,48+/m0/s1. The lowest BCUT2D eigenvalue weighted by Crippen LogP contribution is -2.74. The van der Waals surface area contributed by atoms with Crippen LogP contribution in [-0.4, -0.2) is 105 Å². The van der Waals surface area contributed by atoms with E-state index in [9.17, 15) is 29.4 Å². The fraction of sp³-hybridized carbons (Fsp3) is 0.667. The van der Waals surface area contributed by atoms with Gasteiger partial charge < -0.3 is 29.2 Å². The number of Topliss-reactive ketones (excluding diaryl/α,β-unsaturated/α-hetero) is 2. The van der Waals surface area contributed by atoms with Crippen molar-refractivity contribution in [3.8, 4) is 23.0 Å². The van der Waals surface area contributed by atoms with Crippen LogP contribution in [0.3, 0.4) is 0 Å². The van der Waals surface area contributed by atoms with Crippen molar-refractivity contribution in [2.45, 2.75) is 164 Å². The minimum Gasteiger partial charge on any atom is -0.477 e. The highest BCUT2D eigenvalue weighted by Crippen LogP contribution is 2.64. The number of likely N-dealkylation sites (tertiary alicyclic amines) is 2. The van der Waals surface area contributed by atoms with E-state index in [1.54, 1.807) is 12.1 Å². The predicted molar refractivity (Wildman–Crippen MR) is 219 cm³/mol. The molecule has 12 heteroatoms. The molecule has 4 heterocycles. The molecule has 0 radical (unpaired) electrons. The van der Waals surface area contributed by atoms with Crippen LogP contribution in [0.25, 0.3) is 0 Å². The number of carbonyl (C=O) groups is 4. The quantitative estimate of drug-likeness (QED) is 0.166. The zero-order valence-corrected chi connectivity index (χ0v) is 35.6. The van der Waals surface area contributed by atoms with Gasteiger partial charge in [0, 0.05) is 62.0 Å². The van der Waals surface area contributed by atoms with E-state index < -0.39 is 46.2 Å². The van der Waals surface area contributed by atoms with Crippen molar-refractivity contribution in [2.24, 2.45) is 11.8 Å². The number of hydrogen-bond acceptors (Lipinski definition) is 12. The summed E-state index contributed by atoms with van der Waals surface area (Å²) in [5.41, 5.74) is -0.850. The number of carbonyl (C=O) groups excluding carboxylic acids is 4. The van der Waals surface area contributed by atoms with Crippen LogP contribution in [0.5, 0.6) is 23.0 Å². The fourth-order valence-electron chi connectivity index (χ4n) is 12.8. The number of aliphatic hydroxyl groups is 2. The Labute approximate surface area is 352 Å². The molecule has 6 fully saturated rings. The Morgan fingerprint density at radius 2 is 1.07 bits per heavy atom. The molecule has 2 spiro atoms. The van der Waals surface area contributed by atoms with E-state index in [0.29, 0.717) is 61.9 Å². The minimum atomic E-state index is -1.18. The first-order valence-electron chi connectivity index (χ1n) is 22.7. The predicted octanol–water partition coefficient (Wildman–Crippen LogP) is 5.57. The topological polar surface area (TPSA) is 152 Å². The molecule has 2 N–H and O–H groups in total. The summed E-state index contributed by atoms with van der Waals surface area (Å²) in [5, 5.41) is 25.3. The van der Waals surface area contributed by atoms with Gasteiger partial charge in [-0.25, -0.2) is 0 Å². The van der Waals surface area contributed by atoms with E-state index >= 15 is 0 Å². The van der Waals surface area contributed by atoms with Crippen LogP contribution in [-0.2, 0) is 30.0 Å². The lowest BCUT2D eigenvalue weighted by atomic mass is 9.52. The Kier molecular flexibility index (Phi) is 9.63. The molecule has 0 amide bonds. The van der Waals surface area contributed by atoms with Crippen molar-refractivity contribution >= 4 is 23.5 Å². The van der Waals surface area contributed by atoms with Gasteiger partial charge in [-0.05, 0) is 140 Å². The molecule has 8 atom stereocenters. The zero-order valence-electron chi connectivity index (χ0n) is 35.6. The molecule has 2 aromatic carbocycles. The summed E-state index contributed by atoms with van der Waals surface area (Å²) < 4.78 is 24.8. The van der Waals surface area contributed by atoms with Gasteiger partial charge in [0.2, 0.25) is 0 Å². The zero-order chi connectivity index (χ0) is 41.9. The van der Waals surface area contributed by atoms with Crippen molar-refractivity contribution < 1.29 is 48.3 Å². The summed E-state index contributed by atoms with van der Waals surface area (Å²) in [4.78, 5) is 58.5. The van der Waals surface area contributed by atoms with Crippen LogP contribution < -0.4 is 18.9 Å². The summed E-state index contributed by atoms with van der Waals surface area (Å²) >= 11 is 0. The van der Waals surface area contributed by atoms with E-state index in [1.807, 2.05) is 26.0 Å². The number of ketones is 2. The van der Waals surface area contributed by atoms with Crippen LogP contribution in [0.2, 0.25) is 0 Å². The first-order valence-corrected chi connectivity index (χ1v) is 22.7. The van der Waals surface area contributed by atoms with Crippen LogP contribution >= 0.6 is 0 Å². The maximum atomic E-state index is 13.5. The maximum Gasteiger partial charge on any atom is 0.311 e. The first-order chi connectivity index (χ1) is 28.7. The lowest BCUT2D eigenvalue weighted by Gasteiger charge is -2.59. The summed E-state index contributed by atoms with van der Waals surface area (Å²) in [6, 6.07) is 6.85. The van der Waals surface area contributed by atoms with Crippen LogP contribution in [0.4, 0.5) is 0 Å². The van der Waals surface area contributed by atoms with Gasteiger partial charge in [0.15, 0.2) is 46.8 Å². The Bertz CT molecular complexity index is 2000. The molecule has 12 nitrogen and oxygen atoms in total. The molecule has 4 saturated carbocycles. The molecule has 60 heavy (non-hydrogen) atoms. The van der Waals surface area contributed by atoms with E-state index in [2.05, 4.69) is 23.6 Å². The summed E-state index contributed by atoms with van der Waals surface area (Å²) in [6.07, 6.45) is 6.38. The third kappa shape index (κ3) is 5.89. The van der Waals surface area contributed by atoms with Gasteiger partial charge in [0.1, 0.15) is 0 Å². The minimum absolute atomic E-state index is 0.0310. The number of fused-ring (bicyclic) bond motifs is 2. The average molecular weight is 825 g/mol. The number of unbranched alkanes of at least 4 members (excludes halogenated alkanes) is 1. The molecule has 2 saturated heterocycles. The fourth-order valence-corrected chi connectivity index (χ4v) is 12.8. The average Bonchev–Trinajstić information content (AvgIpc) is 4.15. The van der Waals surface area contributed by atoms with Crippen LogP contribution in [0.15, 0.2) is 24.3 Å². The Morgan fingerprint density at radius 3 is 1.45 bits per heavy atom. The van der Waals surface area contributed by atoms with Gasteiger partial charge in [0.25, 0.3) is 0 Å². The second-order valence-corrected chi connectivity index (χ2v) is 19.8. The smallest absolute Gasteiger partial charge is 0.311 e. The Morgan fingerprint density at radius 1 is 0.667 bits per heavy atom. The number of esters is 2. The molecule has 322 valence electrons. The number of rotatable bonds is 11. The SMILES string of the molecule is Cc1ccc(OC(=O)CCCCC(=O)Oc2ccc(C)c3c2O[C@H]2C(=O)CC[C@@]4(O)C(C)N(CC5CC5)CC[C@]324)c2c1[C@]13CCN(CC4CC4)C(C)[C@]1(O)CCC(=O)C3O2. The van der Waals surface area contributed by atoms with E-state index in [-0.39, 0.29) is 60.8 Å². The lowest BCUT2D eigenvalue weighted by molar-refractivity contribution is -0.181. The number of hydrogen-bond donors (Lipinski definition) is 2. The van der Waals surface area contributed by atoms with Gasteiger partial charge in [-0.15, -0.1) is 0 Å². The molecule has 10 rings (SSSR count). The largest absolute Gasteiger partial charge is 0.477 e. The second kappa shape index (κ2) is 14.4. The summed E-state index contributed by atoms with van der Waals surface area (Å²) in [6.45, 7) is 11.5. The number of nitrogens with zero attached hydrogens (tertiary/aromatic N) is 2. The second-order valence-electron chi connectivity index (χ2n) is 19.8. The molecule has 0 bridgehead atoms. The van der Waals surface area contributed by atoms with Crippen molar-refractivity contribution in [2.75, 3.05) is 26.2 Å². The van der Waals surface area contributed by atoms with Gasteiger partial charge in [-0.1, -0.05) is 12.1 Å². The van der Waals surface area contributed by atoms with Crippen molar-refractivity contribution in [1.82, 2.24) is 9.80 Å². The van der Waals surface area contributed by atoms with Crippen molar-refractivity contribution in [3.63, 3.8) is 0 Å². The molecule has 3 unspecified atom stereocenters. The molecule has 0 aromatic heterocycles. The maximum absolute atomic E-state index is 13.5. The number of benzene rings is 2. The highest BCUT2D eigenvalue weighted by atomic mass is 16.6. The highest BCUT2D eigenvalue weighted by Gasteiger charge is 2.72. The normalized spacial score (nSPS) is 35.6. The van der Waals surface area contributed by atoms with Gasteiger partial charge in [0.05, 0.1) is 22.0 Å².